The molecule has 0 spiro atoms. The molecule has 0 unspecified atom stereocenters. The van der Waals surface area contributed by atoms with Crippen LogP contribution in [0.4, 0.5) is 5.69 Å². The summed E-state index contributed by atoms with van der Waals surface area (Å²) in [6.45, 7) is 4.08. The van der Waals surface area contributed by atoms with Crippen LogP contribution in [0.25, 0.3) is 0 Å². The average molecular weight is 349 g/mol. The molecule has 0 aliphatic carbocycles. The van der Waals surface area contributed by atoms with Crippen LogP contribution >= 0.6 is 0 Å². The van der Waals surface area contributed by atoms with E-state index in [0.717, 1.165) is 18.8 Å². The van der Waals surface area contributed by atoms with Crippen molar-refractivity contribution < 1.29 is 19.1 Å². The maximum Gasteiger partial charge on any atom is 0.312 e. The smallest absolute Gasteiger partial charge is 0.312 e. The fourth-order valence-corrected chi connectivity index (χ4v) is 2.79. The summed E-state index contributed by atoms with van der Waals surface area (Å²) in [6.07, 6.45) is 0. The monoisotopic (exact) mass is 349 g/mol. The normalized spacial score (nSPS) is 14.5. The van der Waals surface area contributed by atoms with Gasteiger partial charge in [-0.1, -0.05) is 18.2 Å². The molecule has 2 rings (SSSR count). The second-order valence-electron chi connectivity index (χ2n) is 5.89. The van der Waals surface area contributed by atoms with Gasteiger partial charge in [-0.05, 0) is 12.1 Å². The van der Waals surface area contributed by atoms with E-state index < -0.39 is 11.8 Å². The molecule has 0 bridgehead atoms. The SMILES string of the molecule is COCCN(CCOC)C(=O)C(=O)N1CCN(c2ccccc2)CC1. The highest BCUT2D eigenvalue weighted by Crippen LogP contribution is 2.15. The van der Waals surface area contributed by atoms with E-state index in [9.17, 15) is 9.59 Å². The number of methoxy groups -OCH3 is 2. The fraction of sp³-hybridized carbons (Fsp3) is 0.556. The summed E-state index contributed by atoms with van der Waals surface area (Å²) in [5, 5.41) is 0. The Kier molecular flexibility index (Phi) is 7.69. The molecule has 1 fully saturated rings. The Balaban J connectivity index is 1.90. The van der Waals surface area contributed by atoms with Gasteiger partial charge in [0.25, 0.3) is 0 Å². The Labute approximate surface area is 149 Å². The lowest BCUT2D eigenvalue weighted by atomic mass is 10.2. The molecular weight excluding hydrogens is 322 g/mol. The Morgan fingerprint density at radius 3 is 2.04 bits per heavy atom. The summed E-state index contributed by atoms with van der Waals surface area (Å²) in [5.41, 5.74) is 1.14. The molecule has 1 aliphatic rings. The second-order valence-corrected chi connectivity index (χ2v) is 5.89. The first kappa shape index (κ1) is 19.2. The fourth-order valence-electron chi connectivity index (χ4n) is 2.79. The minimum absolute atomic E-state index is 0.383. The molecule has 0 atom stereocenters. The molecule has 0 aromatic heterocycles. The van der Waals surface area contributed by atoms with Crippen LogP contribution in [0.2, 0.25) is 0 Å². The summed E-state index contributed by atoms with van der Waals surface area (Å²) >= 11 is 0. The van der Waals surface area contributed by atoms with Gasteiger partial charge in [-0.25, -0.2) is 0 Å². The van der Waals surface area contributed by atoms with E-state index in [1.807, 2.05) is 18.2 Å². The third-order valence-corrected chi connectivity index (χ3v) is 4.29. The summed E-state index contributed by atoms with van der Waals surface area (Å²) in [4.78, 5) is 30.4. The number of ether oxygens (including phenoxy) is 2. The Morgan fingerprint density at radius 2 is 1.52 bits per heavy atom. The van der Waals surface area contributed by atoms with Crippen molar-refractivity contribution in [3.05, 3.63) is 30.3 Å². The van der Waals surface area contributed by atoms with Gasteiger partial charge in [0.15, 0.2) is 0 Å². The van der Waals surface area contributed by atoms with E-state index in [-0.39, 0.29) is 0 Å². The predicted molar refractivity (Wildman–Crippen MR) is 95.6 cm³/mol. The maximum absolute atomic E-state index is 12.5. The van der Waals surface area contributed by atoms with Gasteiger partial charge in [0, 0.05) is 59.2 Å². The van der Waals surface area contributed by atoms with Crippen molar-refractivity contribution in [1.82, 2.24) is 9.80 Å². The molecule has 1 saturated heterocycles. The summed E-state index contributed by atoms with van der Waals surface area (Å²) in [5.74, 6) is -0.929. The van der Waals surface area contributed by atoms with Gasteiger partial charge in [0.1, 0.15) is 0 Å². The number of piperazine rings is 1. The van der Waals surface area contributed by atoms with Gasteiger partial charge in [0.05, 0.1) is 13.2 Å². The number of carbonyl (C=O) groups is 2. The van der Waals surface area contributed by atoms with Gasteiger partial charge in [-0.3, -0.25) is 9.59 Å². The van der Waals surface area contributed by atoms with Crippen molar-refractivity contribution >= 4 is 17.5 Å². The number of anilines is 1. The number of para-hydroxylation sites is 1. The maximum atomic E-state index is 12.5. The first-order valence-corrected chi connectivity index (χ1v) is 8.53. The molecule has 1 aliphatic heterocycles. The average Bonchev–Trinajstić information content (AvgIpc) is 2.68. The Hall–Kier alpha value is -2.12. The van der Waals surface area contributed by atoms with E-state index in [4.69, 9.17) is 9.47 Å². The van der Waals surface area contributed by atoms with Crippen LogP contribution < -0.4 is 4.90 Å². The number of hydrogen-bond donors (Lipinski definition) is 0. The van der Waals surface area contributed by atoms with Gasteiger partial charge >= 0.3 is 11.8 Å². The molecule has 7 heteroatoms. The van der Waals surface area contributed by atoms with E-state index in [1.165, 1.54) is 4.90 Å². The van der Waals surface area contributed by atoms with Gasteiger partial charge in [-0.2, -0.15) is 0 Å². The molecule has 2 amide bonds. The van der Waals surface area contributed by atoms with Crippen LogP contribution in [0.15, 0.2) is 30.3 Å². The van der Waals surface area contributed by atoms with Gasteiger partial charge < -0.3 is 24.2 Å². The number of nitrogens with zero attached hydrogens (tertiary/aromatic N) is 3. The van der Waals surface area contributed by atoms with E-state index in [0.29, 0.717) is 39.4 Å². The highest BCUT2D eigenvalue weighted by molar-refractivity contribution is 6.34. The lowest BCUT2D eigenvalue weighted by molar-refractivity contribution is -0.152. The van der Waals surface area contributed by atoms with Crippen molar-refractivity contribution in [1.29, 1.82) is 0 Å². The summed E-state index contributed by atoms with van der Waals surface area (Å²) < 4.78 is 10.0. The number of hydrogen-bond acceptors (Lipinski definition) is 5. The number of amides is 2. The topological polar surface area (TPSA) is 62.3 Å². The van der Waals surface area contributed by atoms with Crippen LogP contribution in [-0.2, 0) is 19.1 Å². The quantitative estimate of drug-likeness (QED) is 0.669. The minimum Gasteiger partial charge on any atom is -0.383 e. The van der Waals surface area contributed by atoms with E-state index in [2.05, 4.69) is 17.0 Å². The first-order valence-electron chi connectivity index (χ1n) is 8.53. The minimum atomic E-state index is -0.484. The number of benzene rings is 1. The lowest BCUT2D eigenvalue weighted by Crippen LogP contribution is -2.54. The number of carbonyl (C=O) groups excluding carboxylic acids is 2. The van der Waals surface area contributed by atoms with Gasteiger partial charge in [-0.15, -0.1) is 0 Å². The third kappa shape index (κ3) is 5.44. The molecule has 25 heavy (non-hydrogen) atoms. The first-order chi connectivity index (χ1) is 12.2. The van der Waals surface area contributed by atoms with Crippen LogP contribution in [0.1, 0.15) is 0 Å². The molecule has 0 saturated carbocycles. The third-order valence-electron chi connectivity index (χ3n) is 4.29. The van der Waals surface area contributed by atoms with Crippen molar-refractivity contribution in [3.63, 3.8) is 0 Å². The van der Waals surface area contributed by atoms with Crippen molar-refractivity contribution in [2.75, 3.05) is 71.6 Å². The zero-order valence-corrected chi connectivity index (χ0v) is 15.0. The zero-order chi connectivity index (χ0) is 18.1. The van der Waals surface area contributed by atoms with Gasteiger partial charge in [0.2, 0.25) is 0 Å². The Morgan fingerprint density at radius 1 is 0.960 bits per heavy atom. The van der Waals surface area contributed by atoms with Crippen LogP contribution in [-0.4, -0.2) is 88.3 Å². The summed E-state index contributed by atoms with van der Waals surface area (Å²) in [6, 6.07) is 10.1. The van der Waals surface area contributed by atoms with Crippen molar-refractivity contribution in [2.24, 2.45) is 0 Å². The molecule has 138 valence electrons. The highest BCUT2D eigenvalue weighted by Gasteiger charge is 2.29. The molecule has 7 nitrogen and oxygen atoms in total. The van der Waals surface area contributed by atoms with Crippen molar-refractivity contribution in [2.45, 2.75) is 0 Å². The standard InChI is InChI=1S/C18H27N3O4/c1-24-14-12-21(13-15-25-2)18(23)17(22)20-10-8-19(9-11-20)16-6-4-3-5-7-16/h3-7H,8-15H2,1-2H3. The van der Waals surface area contributed by atoms with E-state index in [1.54, 1.807) is 19.1 Å². The molecular formula is C18H27N3O4. The largest absolute Gasteiger partial charge is 0.383 e. The Bertz CT molecular complexity index is 537. The molecule has 0 N–H and O–H groups in total. The molecule has 1 heterocycles. The van der Waals surface area contributed by atoms with Crippen LogP contribution in [0.3, 0.4) is 0 Å². The van der Waals surface area contributed by atoms with Crippen molar-refractivity contribution in [3.8, 4) is 0 Å². The highest BCUT2D eigenvalue weighted by atomic mass is 16.5. The van der Waals surface area contributed by atoms with Crippen LogP contribution in [0.5, 0.6) is 0 Å². The predicted octanol–water partition coefficient (Wildman–Crippen LogP) is 0.457. The zero-order valence-electron chi connectivity index (χ0n) is 15.0. The van der Waals surface area contributed by atoms with E-state index >= 15 is 0 Å². The molecule has 0 radical (unpaired) electrons. The van der Waals surface area contributed by atoms with Crippen LogP contribution in [0, 0.1) is 0 Å². The molecule has 1 aromatic carbocycles. The number of rotatable bonds is 7. The second kappa shape index (κ2) is 10.0. The lowest BCUT2D eigenvalue weighted by Gasteiger charge is -2.36. The molecule has 1 aromatic rings. The summed E-state index contributed by atoms with van der Waals surface area (Å²) in [7, 11) is 3.15.